The molecule has 1 saturated heterocycles. The summed E-state index contributed by atoms with van der Waals surface area (Å²) in [6, 6.07) is 0. The first-order valence-electron chi connectivity index (χ1n) is 5.58. The Bertz CT molecular complexity index is 162. The van der Waals surface area contributed by atoms with E-state index in [9.17, 15) is 0 Å². The van der Waals surface area contributed by atoms with E-state index in [0.29, 0.717) is 0 Å². The zero-order chi connectivity index (χ0) is 9.68. The summed E-state index contributed by atoms with van der Waals surface area (Å²) in [4.78, 5) is 0. The van der Waals surface area contributed by atoms with Gasteiger partial charge in [-0.3, -0.25) is 0 Å². The fraction of sp³-hybridized carbons (Fsp3) is 0.833. The third-order valence-electron chi connectivity index (χ3n) is 2.57. The summed E-state index contributed by atoms with van der Waals surface area (Å²) in [6.07, 6.45) is 6.44. The number of hydrogen-bond donors (Lipinski definition) is 1. The van der Waals surface area contributed by atoms with Gasteiger partial charge in [0.25, 0.3) is 0 Å². The second kappa shape index (κ2) is 5.43. The van der Waals surface area contributed by atoms with Crippen LogP contribution in [0.4, 0.5) is 0 Å². The largest absolute Gasteiger partial charge is 0.313 e. The van der Waals surface area contributed by atoms with E-state index in [2.05, 4.69) is 32.2 Å². The first kappa shape index (κ1) is 10.8. The number of rotatable bonds is 3. The molecule has 0 aromatic heterocycles. The van der Waals surface area contributed by atoms with Crippen LogP contribution in [-0.4, -0.2) is 13.1 Å². The third kappa shape index (κ3) is 4.47. The SMILES string of the molecule is CC(C)CC(C)/C=C1/CCCNC1. The van der Waals surface area contributed by atoms with Crippen molar-refractivity contribution in [2.75, 3.05) is 13.1 Å². The van der Waals surface area contributed by atoms with Gasteiger partial charge in [0, 0.05) is 6.54 Å². The Hall–Kier alpha value is -0.300. The van der Waals surface area contributed by atoms with Crippen molar-refractivity contribution in [2.45, 2.75) is 40.0 Å². The molecular formula is C12H23N. The zero-order valence-electron chi connectivity index (χ0n) is 9.27. The van der Waals surface area contributed by atoms with Crippen molar-refractivity contribution in [3.05, 3.63) is 11.6 Å². The van der Waals surface area contributed by atoms with Crippen LogP contribution in [0.3, 0.4) is 0 Å². The van der Waals surface area contributed by atoms with Crippen molar-refractivity contribution in [3.8, 4) is 0 Å². The van der Waals surface area contributed by atoms with Crippen molar-refractivity contribution in [1.29, 1.82) is 0 Å². The molecule has 0 amide bonds. The maximum atomic E-state index is 3.43. The summed E-state index contributed by atoms with van der Waals surface area (Å²) >= 11 is 0. The van der Waals surface area contributed by atoms with Crippen molar-refractivity contribution >= 4 is 0 Å². The van der Waals surface area contributed by atoms with E-state index >= 15 is 0 Å². The standard InChI is InChI=1S/C12H23N/c1-10(2)7-11(3)8-12-5-4-6-13-9-12/h8,10-11,13H,4-7,9H2,1-3H3/b12-8-. The maximum Gasteiger partial charge on any atom is 0.0164 e. The molecular weight excluding hydrogens is 158 g/mol. The Labute approximate surface area is 82.6 Å². The molecule has 0 saturated carbocycles. The van der Waals surface area contributed by atoms with Crippen molar-refractivity contribution in [3.63, 3.8) is 0 Å². The summed E-state index contributed by atoms with van der Waals surface area (Å²) in [5, 5.41) is 3.43. The number of hydrogen-bond acceptors (Lipinski definition) is 1. The Balaban J connectivity index is 2.34. The van der Waals surface area contributed by atoms with Crippen LogP contribution in [-0.2, 0) is 0 Å². The van der Waals surface area contributed by atoms with Crippen LogP contribution in [0.25, 0.3) is 0 Å². The molecule has 0 radical (unpaired) electrons. The molecule has 1 unspecified atom stereocenters. The topological polar surface area (TPSA) is 12.0 Å². The van der Waals surface area contributed by atoms with Gasteiger partial charge in [-0.25, -0.2) is 0 Å². The average molecular weight is 181 g/mol. The van der Waals surface area contributed by atoms with Crippen LogP contribution in [0, 0.1) is 11.8 Å². The van der Waals surface area contributed by atoms with Gasteiger partial charge in [0.1, 0.15) is 0 Å². The van der Waals surface area contributed by atoms with E-state index in [0.717, 1.165) is 18.4 Å². The molecule has 0 aromatic rings. The minimum Gasteiger partial charge on any atom is -0.313 e. The van der Waals surface area contributed by atoms with E-state index in [4.69, 9.17) is 0 Å². The molecule has 1 nitrogen and oxygen atoms in total. The van der Waals surface area contributed by atoms with E-state index in [1.165, 1.54) is 25.8 Å². The smallest absolute Gasteiger partial charge is 0.0164 e. The summed E-state index contributed by atoms with van der Waals surface area (Å²) in [7, 11) is 0. The molecule has 1 fully saturated rings. The molecule has 1 heterocycles. The highest BCUT2D eigenvalue weighted by molar-refractivity contribution is 5.08. The highest BCUT2D eigenvalue weighted by Crippen LogP contribution is 2.17. The Kier molecular flexibility index (Phi) is 4.51. The predicted octanol–water partition coefficient (Wildman–Crippen LogP) is 2.98. The maximum absolute atomic E-state index is 3.43. The van der Waals surface area contributed by atoms with Gasteiger partial charge in [0.15, 0.2) is 0 Å². The minimum absolute atomic E-state index is 0.759. The lowest BCUT2D eigenvalue weighted by Gasteiger charge is -2.18. The lowest BCUT2D eigenvalue weighted by molar-refractivity contribution is 0.495. The molecule has 76 valence electrons. The van der Waals surface area contributed by atoms with E-state index in [-0.39, 0.29) is 0 Å². The molecule has 1 heteroatoms. The van der Waals surface area contributed by atoms with E-state index in [1.807, 2.05) is 0 Å². The van der Waals surface area contributed by atoms with Crippen LogP contribution in [0.1, 0.15) is 40.0 Å². The lowest BCUT2D eigenvalue weighted by atomic mass is 9.94. The van der Waals surface area contributed by atoms with Crippen LogP contribution in [0.2, 0.25) is 0 Å². The van der Waals surface area contributed by atoms with Crippen LogP contribution in [0.5, 0.6) is 0 Å². The highest BCUT2D eigenvalue weighted by atomic mass is 14.9. The van der Waals surface area contributed by atoms with Crippen LogP contribution in [0.15, 0.2) is 11.6 Å². The van der Waals surface area contributed by atoms with Crippen LogP contribution < -0.4 is 5.32 Å². The first-order valence-corrected chi connectivity index (χ1v) is 5.58. The predicted molar refractivity (Wildman–Crippen MR) is 58.8 cm³/mol. The Morgan fingerprint density at radius 1 is 1.38 bits per heavy atom. The minimum atomic E-state index is 0.759. The van der Waals surface area contributed by atoms with Gasteiger partial charge in [-0.05, 0) is 37.6 Å². The van der Waals surface area contributed by atoms with Gasteiger partial charge in [-0.1, -0.05) is 32.4 Å². The van der Waals surface area contributed by atoms with Gasteiger partial charge >= 0.3 is 0 Å². The molecule has 13 heavy (non-hydrogen) atoms. The summed E-state index contributed by atoms with van der Waals surface area (Å²) in [5.41, 5.74) is 1.62. The monoisotopic (exact) mass is 181 g/mol. The first-order chi connectivity index (χ1) is 6.18. The second-order valence-electron chi connectivity index (χ2n) is 4.71. The average Bonchev–Trinajstić information content (AvgIpc) is 2.04. The zero-order valence-corrected chi connectivity index (χ0v) is 9.27. The number of allylic oxidation sites excluding steroid dienone is 1. The van der Waals surface area contributed by atoms with Gasteiger partial charge in [-0.2, -0.15) is 0 Å². The quantitative estimate of drug-likeness (QED) is 0.660. The number of piperidine rings is 1. The molecule has 0 aliphatic carbocycles. The lowest BCUT2D eigenvalue weighted by Crippen LogP contribution is -2.24. The normalized spacial score (nSPS) is 23.8. The molecule has 1 aliphatic rings. The van der Waals surface area contributed by atoms with Crippen molar-refractivity contribution < 1.29 is 0 Å². The third-order valence-corrected chi connectivity index (χ3v) is 2.57. The fourth-order valence-electron chi connectivity index (χ4n) is 2.13. The van der Waals surface area contributed by atoms with Gasteiger partial charge < -0.3 is 5.32 Å². The molecule has 0 spiro atoms. The Morgan fingerprint density at radius 2 is 2.15 bits per heavy atom. The highest BCUT2D eigenvalue weighted by Gasteiger charge is 2.07. The second-order valence-corrected chi connectivity index (χ2v) is 4.71. The van der Waals surface area contributed by atoms with Crippen molar-refractivity contribution in [1.82, 2.24) is 5.32 Å². The van der Waals surface area contributed by atoms with Gasteiger partial charge in [-0.15, -0.1) is 0 Å². The molecule has 1 N–H and O–H groups in total. The molecule has 1 rings (SSSR count). The molecule has 0 bridgehead atoms. The molecule has 1 aliphatic heterocycles. The van der Waals surface area contributed by atoms with E-state index in [1.54, 1.807) is 5.57 Å². The molecule has 0 aromatic carbocycles. The Morgan fingerprint density at radius 3 is 2.69 bits per heavy atom. The number of nitrogens with one attached hydrogen (secondary N) is 1. The fourth-order valence-corrected chi connectivity index (χ4v) is 2.13. The van der Waals surface area contributed by atoms with E-state index < -0.39 is 0 Å². The van der Waals surface area contributed by atoms with Crippen molar-refractivity contribution in [2.24, 2.45) is 11.8 Å². The summed E-state index contributed by atoms with van der Waals surface area (Å²) < 4.78 is 0. The van der Waals surface area contributed by atoms with Gasteiger partial charge in [0.2, 0.25) is 0 Å². The van der Waals surface area contributed by atoms with Crippen LogP contribution >= 0.6 is 0 Å². The van der Waals surface area contributed by atoms with Gasteiger partial charge in [0.05, 0.1) is 0 Å². The molecule has 1 atom stereocenters. The summed E-state index contributed by atoms with van der Waals surface area (Å²) in [5.74, 6) is 1.58. The summed E-state index contributed by atoms with van der Waals surface area (Å²) in [6.45, 7) is 9.27.